The third kappa shape index (κ3) is 4.23. The normalized spacial score (nSPS) is 12.4. The summed E-state index contributed by atoms with van der Waals surface area (Å²) < 4.78 is 11.6. The van der Waals surface area contributed by atoms with E-state index in [-0.39, 0.29) is 0 Å². The molecule has 5 heterocycles. The van der Waals surface area contributed by atoms with Crippen molar-refractivity contribution in [1.82, 2.24) is 19.1 Å². The maximum Gasteiger partial charge on any atom is 0.138 e. The van der Waals surface area contributed by atoms with E-state index in [0.29, 0.717) is 0 Å². The fraction of sp³-hybridized carbons (Fsp3) is 0. The summed E-state index contributed by atoms with van der Waals surface area (Å²) in [4.78, 5) is 9.70. The van der Waals surface area contributed by atoms with E-state index in [1.807, 2.05) is 30.6 Å². The van der Waals surface area contributed by atoms with Crippen molar-refractivity contribution in [2.75, 3.05) is 0 Å². The van der Waals surface area contributed by atoms with E-state index in [4.69, 9.17) is 14.7 Å². The van der Waals surface area contributed by atoms with Crippen molar-refractivity contribution in [3.05, 3.63) is 182 Å². The van der Waals surface area contributed by atoms with Gasteiger partial charge in [-0.3, -0.25) is 9.97 Å². The molecule has 5 heteroatoms. The van der Waals surface area contributed by atoms with Crippen molar-refractivity contribution >= 4 is 76.2 Å². The topological polar surface area (TPSA) is 44.9 Å². The van der Waals surface area contributed by atoms with Crippen LogP contribution >= 0.6 is 0 Å². The Morgan fingerprint density at radius 1 is 0.386 bits per heavy atom. The van der Waals surface area contributed by atoms with Crippen molar-refractivity contribution in [3.63, 3.8) is 0 Å². The first-order chi connectivity index (χ1) is 28.3. The Morgan fingerprint density at radius 2 is 1.07 bits per heavy atom. The smallest absolute Gasteiger partial charge is 0.138 e. The number of hydrogen-bond acceptors (Lipinski definition) is 3. The Bertz CT molecular complexity index is 3670. The monoisotopic (exact) mass is 726 g/mol. The highest BCUT2D eigenvalue weighted by Crippen LogP contribution is 2.51. The van der Waals surface area contributed by atoms with Crippen molar-refractivity contribution in [3.8, 4) is 45.1 Å². The summed E-state index contributed by atoms with van der Waals surface area (Å²) in [5, 5.41) is 9.24. The molecular weight excluding hydrogens is 697 g/mol. The van der Waals surface area contributed by atoms with Crippen molar-refractivity contribution in [2.24, 2.45) is 0 Å². The lowest BCUT2D eigenvalue weighted by Crippen LogP contribution is -2.00. The summed E-state index contributed by atoms with van der Waals surface area (Å²) in [6, 6.07) is 61.1. The lowest BCUT2D eigenvalue weighted by Gasteiger charge is -2.22. The second-order valence-corrected chi connectivity index (χ2v) is 15.0. The van der Waals surface area contributed by atoms with E-state index in [2.05, 4.69) is 161 Å². The van der Waals surface area contributed by atoms with Crippen molar-refractivity contribution in [1.29, 1.82) is 0 Å². The van der Waals surface area contributed by atoms with Crippen LogP contribution < -0.4 is 4.74 Å². The quantitative estimate of drug-likeness (QED) is 0.170. The number of ether oxygens (including phenoxy) is 1. The van der Waals surface area contributed by atoms with Gasteiger partial charge in [-0.2, -0.15) is 0 Å². The van der Waals surface area contributed by atoms with E-state index < -0.39 is 0 Å². The summed E-state index contributed by atoms with van der Waals surface area (Å²) in [5.41, 5.74) is 13.1. The number of hydrogen-bond donors (Lipinski definition) is 0. The molecule has 0 amide bonds. The third-order valence-corrected chi connectivity index (χ3v) is 12.0. The maximum absolute atomic E-state index is 6.77. The largest absolute Gasteiger partial charge is 0.456 e. The second-order valence-electron chi connectivity index (χ2n) is 15.0. The molecule has 5 nitrogen and oxygen atoms in total. The average Bonchev–Trinajstić information content (AvgIpc) is 3.78. The predicted molar refractivity (Wildman–Crippen MR) is 234 cm³/mol. The zero-order valence-electron chi connectivity index (χ0n) is 30.5. The molecule has 0 spiro atoms. The van der Waals surface area contributed by atoms with Crippen LogP contribution in [0.1, 0.15) is 0 Å². The van der Waals surface area contributed by atoms with Crippen LogP contribution in [0.15, 0.2) is 182 Å². The summed E-state index contributed by atoms with van der Waals surface area (Å²) >= 11 is 0. The molecule has 1 aliphatic rings. The highest BCUT2D eigenvalue weighted by Gasteiger charge is 2.26. The first-order valence-electron chi connectivity index (χ1n) is 19.3. The molecule has 12 aromatic rings. The van der Waals surface area contributed by atoms with Gasteiger partial charge in [0.1, 0.15) is 11.5 Å². The molecule has 0 saturated heterocycles. The van der Waals surface area contributed by atoms with Gasteiger partial charge in [0.25, 0.3) is 0 Å². The molecule has 0 N–H and O–H groups in total. The Labute approximate surface area is 326 Å². The standard InChI is InChI=1S/C52H30N4O/c1-2-12-34(13-3-1)55-42-19-6-4-14-35(42)36-23-21-31(27-43(36)55)32-22-24-39-44(28-32)56(45-29-33-11-9-25-53-51(33)52-40(45)18-10-26-54-52)46-30-48-50-38(16-8-17-41(50)49(39)46)37-15-5-7-20-47(37)57-48/h1-30H. The molecule has 13 rings (SSSR count). The number of aromatic nitrogens is 4. The maximum atomic E-state index is 6.77. The van der Waals surface area contributed by atoms with Gasteiger partial charge in [-0.25, -0.2) is 0 Å². The van der Waals surface area contributed by atoms with Crippen LogP contribution in [0.2, 0.25) is 0 Å². The number of benzene rings is 8. The lowest BCUT2D eigenvalue weighted by atomic mass is 9.92. The van der Waals surface area contributed by atoms with Crippen LogP contribution in [-0.2, 0) is 0 Å². The van der Waals surface area contributed by atoms with Crippen LogP contribution in [0.3, 0.4) is 0 Å². The molecule has 0 bridgehead atoms. The third-order valence-electron chi connectivity index (χ3n) is 12.0. The molecule has 0 aliphatic carbocycles. The Morgan fingerprint density at radius 3 is 1.96 bits per heavy atom. The minimum atomic E-state index is 0.861. The number of pyridine rings is 2. The van der Waals surface area contributed by atoms with Crippen molar-refractivity contribution < 1.29 is 4.74 Å². The van der Waals surface area contributed by atoms with Gasteiger partial charge >= 0.3 is 0 Å². The van der Waals surface area contributed by atoms with Gasteiger partial charge in [0.2, 0.25) is 0 Å². The van der Waals surface area contributed by atoms with Crippen molar-refractivity contribution in [2.45, 2.75) is 0 Å². The molecule has 4 aromatic heterocycles. The Hall–Kier alpha value is -7.76. The minimum absolute atomic E-state index is 0.861. The molecule has 264 valence electrons. The fourth-order valence-corrected chi connectivity index (χ4v) is 9.54. The zero-order valence-corrected chi connectivity index (χ0v) is 30.5. The zero-order chi connectivity index (χ0) is 37.2. The SMILES string of the molecule is c1ccc(-n2c3ccccc3c3ccc(-c4ccc5c6c7cccc8c7c(cc6n(-c6cc7cccnc7c7ncccc67)c5c4)Oc4ccccc4-8)cc32)cc1. The average molecular weight is 727 g/mol. The molecule has 1 aliphatic heterocycles. The van der Waals surface area contributed by atoms with E-state index in [0.717, 1.165) is 77.8 Å². The van der Waals surface area contributed by atoms with Crippen LogP contribution in [0, 0.1) is 0 Å². The van der Waals surface area contributed by atoms with Gasteiger partial charge in [-0.05, 0) is 82.7 Å². The molecule has 57 heavy (non-hydrogen) atoms. The van der Waals surface area contributed by atoms with E-state index in [1.165, 1.54) is 43.5 Å². The second kappa shape index (κ2) is 11.4. The van der Waals surface area contributed by atoms with E-state index in [9.17, 15) is 0 Å². The van der Waals surface area contributed by atoms with Crippen LogP contribution in [-0.4, -0.2) is 19.1 Å². The van der Waals surface area contributed by atoms with Gasteiger partial charge < -0.3 is 13.9 Å². The van der Waals surface area contributed by atoms with Gasteiger partial charge in [0.15, 0.2) is 0 Å². The molecule has 0 fully saturated rings. The highest BCUT2D eigenvalue weighted by molar-refractivity contribution is 6.26. The number of fused-ring (bicyclic) bond motifs is 12. The van der Waals surface area contributed by atoms with Gasteiger partial charge in [0.05, 0.1) is 38.8 Å². The summed E-state index contributed by atoms with van der Waals surface area (Å²) in [6.45, 7) is 0. The lowest BCUT2D eigenvalue weighted by molar-refractivity contribution is 0.487. The fourth-order valence-electron chi connectivity index (χ4n) is 9.54. The van der Waals surface area contributed by atoms with Crippen LogP contribution in [0.25, 0.3) is 110 Å². The molecule has 8 aromatic carbocycles. The highest BCUT2D eigenvalue weighted by atomic mass is 16.5. The minimum Gasteiger partial charge on any atom is -0.456 e. The molecular formula is C52H30N4O. The van der Waals surface area contributed by atoms with Gasteiger partial charge in [-0.1, -0.05) is 103 Å². The first-order valence-corrected chi connectivity index (χ1v) is 19.3. The Balaban J connectivity index is 1.15. The molecule has 0 radical (unpaired) electrons. The summed E-state index contributed by atoms with van der Waals surface area (Å²) in [5.74, 6) is 1.73. The van der Waals surface area contributed by atoms with Crippen LogP contribution in [0.4, 0.5) is 0 Å². The predicted octanol–water partition coefficient (Wildman–Crippen LogP) is 13.6. The molecule has 0 atom stereocenters. The number of para-hydroxylation sites is 3. The Kier molecular flexibility index (Phi) is 6.10. The summed E-state index contributed by atoms with van der Waals surface area (Å²) in [7, 11) is 0. The first kappa shape index (κ1) is 30.6. The van der Waals surface area contributed by atoms with Gasteiger partial charge in [-0.15, -0.1) is 0 Å². The summed E-state index contributed by atoms with van der Waals surface area (Å²) in [6.07, 6.45) is 3.71. The van der Waals surface area contributed by atoms with E-state index in [1.54, 1.807) is 0 Å². The van der Waals surface area contributed by atoms with Gasteiger partial charge in [0, 0.05) is 67.4 Å². The molecule has 0 unspecified atom stereocenters. The number of rotatable bonds is 3. The van der Waals surface area contributed by atoms with E-state index >= 15 is 0 Å². The molecule has 0 saturated carbocycles. The number of nitrogens with zero attached hydrogens (tertiary/aromatic N) is 4. The van der Waals surface area contributed by atoms with Crippen LogP contribution in [0.5, 0.6) is 11.5 Å².